The summed E-state index contributed by atoms with van der Waals surface area (Å²) in [5.41, 5.74) is 5.61. The second-order valence-electron chi connectivity index (χ2n) is 4.93. The molecule has 1 unspecified atom stereocenters. The van der Waals surface area contributed by atoms with Crippen molar-refractivity contribution in [2.24, 2.45) is 5.73 Å². The summed E-state index contributed by atoms with van der Waals surface area (Å²) in [7, 11) is 0. The number of ketones is 1. The third kappa shape index (κ3) is 11.7. The molecule has 2 N–H and O–H groups in total. The van der Waals surface area contributed by atoms with Gasteiger partial charge in [0.05, 0.1) is 0 Å². The predicted octanol–water partition coefficient (Wildman–Crippen LogP) is 3.82. The highest BCUT2D eigenvalue weighted by atomic mass is 16.1. The van der Waals surface area contributed by atoms with Crippen LogP contribution in [0.1, 0.15) is 78.1 Å². The van der Waals surface area contributed by atoms with Crippen molar-refractivity contribution in [3.63, 3.8) is 0 Å². The average molecular weight is 227 g/mol. The fourth-order valence-corrected chi connectivity index (χ4v) is 1.79. The lowest BCUT2D eigenvalue weighted by molar-refractivity contribution is -0.119. The van der Waals surface area contributed by atoms with Crippen molar-refractivity contribution in [2.75, 3.05) is 0 Å². The van der Waals surface area contributed by atoms with E-state index in [1.165, 1.54) is 38.5 Å². The molecule has 0 spiro atoms. The molecule has 0 rings (SSSR count). The van der Waals surface area contributed by atoms with E-state index in [1.54, 1.807) is 0 Å². The predicted molar refractivity (Wildman–Crippen MR) is 70.5 cm³/mol. The van der Waals surface area contributed by atoms with Crippen molar-refractivity contribution in [3.8, 4) is 0 Å². The van der Waals surface area contributed by atoms with Gasteiger partial charge in [0.15, 0.2) is 0 Å². The van der Waals surface area contributed by atoms with Crippen LogP contribution in [0.2, 0.25) is 0 Å². The largest absolute Gasteiger partial charge is 0.328 e. The Labute approximate surface area is 101 Å². The highest BCUT2D eigenvalue weighted by Crippen LogP contribution is 2.09. The molecule has 0 radical (unpaired) electrons. The van der Waals surface area contributed by atoms with Gasteiger partial charge in [0.2, 0.25) is 0 Å². The quantitative estimate of drug-likeness (QED) is 0.545. The van der Waals surface area contributed by atoms with Crippen molar-refractivity contribution in [2.45, 2.75) is 84.1 Å². The Kier molecular flexibility index (Phi) is 10.9. The summed E-state index contributed by atoms with van der Waals surface area (Å²) in [5.74, 6) is 0.394. The molecule has 0 aromatic heterocycles. The maximum atomic E-state index is 11.4. The zero-order valence-electron chi connectivity index (χ0n) is 11.1. The van der Waals surface area contributed by atoms with Gasteiger partial charge in [0, 0.05) is 18.9 Å². The lowest BCUT2D eigenvalue weighted by Crippen LogP contribution is -2.16. The van der Waals surface area contributed by atoms with E-state index in [1.807, 2.05) is 6.92 Å². The molecule has 0 fully saturated rings. The van der Waals surface area contributed by atoms with Gasteiger partial charge in [-0.2, -0.15) is 0 Å². The number of carbonyl (C=O) groups excluding carboxylic acids is 1. The van der Waals surface area contributed by atoms with Crippen molar-refractivity contribution < 1.29 is 4.79 Å². The Morgan fingerprint density at radius 2 is 1.56 bits per heavy atom. The van der Waals surface area contributed by atoms with Crippen LogP contribution in [0.15, 0.2) is 0 Å². The third-order valence-corrected chi connectivity index (χ3v) is 2.94. The molecule has 1 atom stereocenters. The molecule has 96 valence electrons. The standard InChI is InChI=1S/C14H29NO/c1-3-4-5-6-7-8-9-10-14(16)12-11-13(2)15/h13H,3-12,15H2,1-2H3. The summed E-state index contributed by atoms with van der Waals surface area (Å²) in [6.45, 7) is 4.19. The van der Waals surface area contributed by atoms with Crippen LogP contribution in [0.25, 0.3) is 0 Å². The number of rotatable bonds is 11. The van der Waals surface area contributed by atoms with Gasteiger partial charge in [0.25, 0.3) is 0 Å². The van der Waals surface area contributed by atoms with E-state index in [0.29, 0.717) is 12.2 Å². The third-order valence-electron chi connectivity index (χ3n) is 2.94. The molecular weight excluding hydrogens is 198 g/mol. The van der Waals surface area contributed by atoms with Crippen LogP contribution in [0.4, 0.5) is 0 Å². The van der Waals surface area contributed by atoms with Gasteiger partial charge in [-0.15, -0.1) is 0 Å². The minimum Gasteiger partial charge on any atom is -0.328 e. The minimum atomic E-state index is 0.165. The molecular formula is C14H29NO. The van der Waals surface area contributed by atoms with E-state index in [9.17, 15) is 4.79 Å². The van der Waals surface area contributed by atoms with Crippen LogP contribution in [0.5, 0.6) is 0 Å². The van der Waals surface area contributed by atoms with E-state index < -0.39 is 0 Å². The molecule has 0 aliphatic heterocycles. The number of hydrogen-bond donors (Lipinski definition) is 1. The summed E-state index contributed by atoms with van der Waals surface area (Å²) >= 11 is 0. The van der Waals surface area contributed by atoms with Gasteiger partial charge < -0.3 is 5.73 Å². The van der Waals surface area contributed by atoms with Crippen molar-refractivity contribution in [1.82, 2.24) is 0 Å². The van der Waals surface area contributed by atoms with E-state index in [0.717, 1.165) is 19.3 Å². The fourth-order valence-electron chi connectivity index (χ4n) is 1.79. The Morgan fingerprint density at radius 1 is 1.00 bits per heavy atom. The molecule has 0 aromatic carbocycles. The van der Waals surface area contributed by atoms with Crippen LogP contribution >= 0.6 is 0 Å². The number of carbonyl (C=O) groups is 1. The molecule has 0 amide bonds. The molecule has 0 aliphatic rings. The molecule has 0 aromatic rings. The second kappa shape index (κ2) is 11.1. The van der Waals surface area contributed by atoms with E-state index in [-0.39, 0.29) is 6.04 Å². The maximum absolute atomic E-state index is 11.4. The number of hydrogen-bond acceptors (Lipinski definition) is 2. The van der Waals surface area contributed by atoms with Crippen LogP contribution in [-0.2, 0) is 4.79 Å². The van der Waals surface area contributed by atoms with Gasteiger partial charge >= 0.3 is 0 Å². The molecule has 0 saturated heterocycles. The molecule has 2 heteroatoms. The Bertz CT molecular complexity index is 166. The van der Waals surface area contributed by atoms with Gasteiger partial charge in [-0.25, -0.2) is 0 Å². The zero-order chi connectivity index (χ0) is 12.2. The van der Waals surface area contributed by atoms with Crippen LogP contribution in [-0.4, -0.2) is 11.8 Å². The van der Waals surface area contributed by atoms with Crippen molar-refractivity contribution in [1.29, 1.82) is 0 Å². The molecule has 2 nitrogen and oxygen atoms in total. The summed E-state index contributed by atoms with van der Waals surface area (Å²) in [4.78, 5) is 11.4. The smallest absolute Gasteiger partial charge is 0.132 e. The fraction of sp³-hybridized carbons (Fsp3) is 0.929. The Hall–Kier alpha value is -0.370. The van der Waals surface area contributed by atoms with E-state index in [2.05, 4.69) is 6.92 Å². The molecule has 0 aliphatic carbocycles. The van der Waals surface area contributed by atoms with Gasteiger partial charge in [-0.3, -0.25) is 4.79 Å². The first-order chi connectivity index (χ1) is 7.66. The summed E-state index contributed by atoms with van der Waals surface area (Å²) < 4.78 is 0. The molecule has 0 saturated carbocycles. The van der Waals surface area contributed by atoms with Gasteiger partial charge in [-0.1, -0.05) is 45.4 Å². The topological polar surface area (TPSA) is 43.1 Å². The maximum Gasteiger partial charge on any atom is 0.132 e. The van der Waals surface area contributed by atoms with E-state index in [4.69, 9.17) is 5.73 Å². The Balaban J connectivity index is 3.15. The highest BCUT2D eigenvalue weighted by molar-refractivity contribution is 5.78. The average Bonchev–Trinajstić information content (AvgIpc) is 2.25. The second-order valence-corrected chi connectivity index (χ2v) is 4.93. The highest BCUT2D eigenvalue weighted by Gasteiger charge is 2.03. The van der Waals surface area contributed by atoms with Crippen LogP contribution in [0, 0.1) is 0 Å². The SMILES string of the molecule is CCCCCCCCCC(=O)CCC(C)N. The molecule has 0 bridgehead atoms. The monoisotopic (exact) mass is 227 g/mol. The lowest BCUT2D eigenvalue weighted by Gasteiger charge is -2.04. The first kappa shape index (κ1) is 15.6. The lowest BCUT2D eigenvalue weighted by atomic mass is 10.0. The van der Waals surface area contributed by atoms with E-state index >= 15 is 0 Å². The zero-order valence-corrected chi connectivity index (χ0v) is 11.1. The summed E-state index contributed by atoms with van der Waals surface area (Å²) in [5, 5.41) is 0. The summed E-state index contributed by atoms with van der Waals surface area (Å²) in [6.07, 6.45) is 11.2. The first-order valence-electron chi connectivity index (χ1n) is 6.94. The first-order valence-corrected chi connectivity index (χ1v) is 6.94. The van der Waals surface area contributed by atoms with Crippen molar-refractivity contribution in [3.05, 3.63) is 0 Å². The number of Topliss-reactive ketones (excluding diaryl/α,β-unsaturated/α-hetero) is 1. The molecule has 0 heterocycles. The summed E-state index contributed by atoms with van der Waals surface area (Å²) in [6, 6.07) is 0.165. The van der Waals surface area contributed by atoms with Gasteiger partial charge in [-0.05, 0) is 19.8 Å². The molecule has 16 heavy (non-hydrogen) atoms. The minimum absolute atomic E-state index is 0.165. The number of unbranched alkanes of at least 4 members (excludes halogenated alkanes) is 6. The van der Waals surface area contributed by atoms with Crippen LogP contribution in [0.3, 0.4) is 0 Å². The normalized spacial score (nSPS) is 12.7. The Morgan fingerprint density at radius 3 is 2.12 bits per heavy atom. The number of nitrogens with two attached hydrogens (primary N) is 1. The van der Waals surface area contributed by atoms with Crippen molar-refractivity contribution >= 4 is 5.78 Å². The van der Waals surface area contributed by atoms with Gasteiger partial charge in [0.1, 0.15) is 5.78 Å². The van der Waals surface area contributed by atoms with Crippen LogP contribution < -0.4 is 5.73 Å².